The maximum Gasteiger partial charge on any atom is 0.306 e. The fourth-order valence-electron chi connectivity index (χ4n) is 1.49. The number of aromatic hydroxyl groups is 1. The quantitative estimate of drug-likeness (QED) is 0.660. The van der Waals surface area contributed by atoms with E-state index >= 15 is 0 Å². The molecular weight excluding hydrogens is 269 g/mol. The minimum absolute atomic E-state index is 0.0615. The van der Waals surface area contributed by atoms with Crippen LogP contribution in [0.5, 0.6) is 5.75 Å². The van der Waals surface area contributed by atoms with Crippen molar-refractivity contribution < 1.29 is 19.2 Å². The number of nitrogens with one attached hydrogen (secondary N) is 1. The van der Waals surface area contributed by atoms with Crippen LogP contribution < -0.4 is 5.32 Å². The smallest absolute Gasteiger partial charge is 0.306 e. The Labute approximate surface area is 111 Å². The van der Waals surface area contributed by atoms with Crippen LogP contribution in [0.3, 0.4) is 0 Å². The maximum atomic E-state index is 13.1. The summed E-state index contributed by atoms with van der Waals surface area (Å²) in [6, 6.07) is 4.16. The zero-order chi connectivity index (χ0) is 14.7. The Balaban J connectivity index is 2.24. The second-order valence-electron chi connectivity index (χ2n) is 3.81. The molecule has 0 unspecified atom stereocenters. The molecule has 0 bridgehead atoms. The van der Waals surface area contributed by atoms with E-state index in [4.69, 9.17) is 0 Å². The molecule has 102 valence electrons. The van der Waals surface area contributed by atoms with Gasteiger partial charge in [0.2, 0.25) is 5.82 Å². The van der Waals surface area contributed by atoms with Gasteiger partial charge in [-0.05, 0) is 18.2 Å². The molecule has 1 aromatic carbocycles. The zero-order valence-corrected chi connectivity index (χ0v) is 9.91. The third kappa shape index (κ3) is 2.86. The van der Waals surface area contributed by atoms with Gasteiger partial charge >= 0.3 is 5.69 Å². The Bertz CT molecular complexity index is 690. The molecule has 0 saturated heterocycles. The highest BCUT2D eigenvalue weighted by Gasteiger charge is 2.16. The second-order valence-corrected chi connectivity index (χ2v) is 3.81. The lowest BCUT2D eigenvalue weighted by Crippen LogP contribution is -2.12. The summed E-state index contributed by atoms with van der Waals surface area (Å²) in [7, 11) is 0. The van der Waals surface area contributed by atoms with Gasteiger partial charge in [-0.2, -0.15) is 4.39 Å². The lowest BCUT2D eigenvalue weighted by molar-refractivity contribution is -0.387. The Morgan fingerprint density at radius 2 is 2.10 bits per heavy atom. The molecule has 20 heavy (non-hydrogen) atoms. The van der Waals surface area contributed by atoms with Crippen molar-refractivity contribution in [1.29, 1.82) is 0 Å². The number of nitro benzene ring substituents is 1. The minimum atomic E-state index is -0.993. The van der Waals surface area contributed by atoms with Crippen molar-refractivity contribution in [2.75, 3.05) is 5.32 Å². The number of aromatic nitrogens is 1. The summed E-state index contributed by atoms with van der Waals surface area (Å²) in [6.07, 6.45) is 2.37. The zero-order valence-electron chi connectivity index (χ0n) is 9.91. The fourth-order valence-corrected chi connectivity index (χ4v) is 1.49. The summed E-state index contributed by atoms with van der Waals surface area (Å²) in [4.78, 5) is 25.1. The van der Waals surface area contributed by atoms with E-state index in [2.05, 4.69) is 10.3 Å². The van der Waals surface area contributed by atoms with Crippen molar-refractivity contribution in [3.63, 3.8) is 0 Å². The van der Waals surface area contributed by atoms with Crippen LogP contribution in [0.2, 0.25) is 0 Å². The highest BCUT2D eigenvalue weighted by Crippen LogP contribution is 2.22. The largest absolute Gasteiger partial charge is 0.506 e. The van der Waals surface area contributed by atoms with Crippen LogP contribution in [0, 0.1) is 15.9 Å². The highest BCUT2D eigenvalue weighted by atomic mass is 19.1. The van der Waals surface area contributed by atoms with Gasteiger partial charge in [-0.15, -0.1) is 0 Å². The first kappa shape index (κ1) is 13.4. The Kier molecular flexibility index (Phi) is 3.56. The first-order valence-electron chi connectivity index (χ1n) is 5.36. The van der Waals surface area contributed by atoms with E-state index in [9.17, 15) is 24.4 Å². The average molecular weight is 277 g/mol. The maximum absolute atomic E-state index is 13.1. The van der Waals surface area contributed by atoms with E-state index in [1.54, 1.807) is 0 Å². The summed E-state index contributed by atoms with van der Waals surface area (Å²) >= 11 is 0. The van der Waals surface area contributed by atoms with Crippen molar-refractivity contribution in [1.82, 2.24) is 4.98 Å². The van der Waals surface area contributed by atoms with Crippen LogP contribution in [0.25, 0.3) is 0 Å². The molecule has 0 radical (unpaired) electrons. The lowest BCUT2D eigenvalue weighted by Gasteiger charge is -2.05. The van der Waals surface area contributed by atoms with Gasteiger partial charge in [0.15, 0.2) is 0 Å². The number of halogens is 1. The monoisotopic (exact) mass is 277 g/mol. The van der Waals surface area contributed by atoms with E-state index < -0.39 is 22.3 Å². The number of benzene rings is 1. The van der Waals surface area contributed by atoms with E-state index in [1.807, 2.05) is 0 Å². The molecule has 1 aromatic heterocycles. The van der Waals surface area contributed by atoms with Crippen LogP contribution in [0.1, 0.15) is 10.4 Å². The molecule has 2 aromatic rings. The van der Waals surface area contributed by atoms with Crippen LogP contribution in [-0.4, -0.2) is 20.9 Å². The number of carbonyl (C=O) groups excluding carboxylic acids is 1. The SMILES string of the molecule is O=C(Nc1ccc(F)c([N+](=O)[O-])c1)c1cncc(O)c1. The number of hydrogen-bond donors (Lipinski definition) is 2. The van der Waals surface area contributed by atoms with Crippen LogP contribution >= 0.6 is 0 Å². The first-order chi connectivity index (χ1) is 9.47. The predicted octanol–water partition coefficient (Wildman–Crippen LogP) is 2.09. The summed E-state index contributed by atoms with van der Waals surface area (Å²) in [5.41, 5.74) is -0.611. The topological polar surface area (TPSA) is 105 Å². The molecule has 0 saturated carbocycles. The molecule has 1 heterocycles. The molecule has 0 aliphatic carbocycles. The lowest BCUT2D eigenvalue weighted by atomic mass is 10.2. The summed E-state index contributed by atoms with van der Waals surface area (Å²) in [5.74, 6) is -1.82. The third-order valence-corrected chi connectivity index (χ3v) is 2.39. The van der Waals surface area contributed by atoms with Gasteiger partial charge in [-0.1, -0.05) is 0 Å². The molecular formula is C12H8FN3O4. The van der Waals surface area contributed by atoms with Crippen LogP contribution in [0.4, 0.5) is 15.8 Å². The summed E-state index contributed by atoms with van der Waals surface area (Å²) < 4.78 is 13.1. The standard InChI is InChI=1S/C12H8FN3O4/c13-10-2-1-8(4-11(10)16(19)20)15-12(18)7-3-9(17)6-14-5-7/h1-6,17H,(H,15,18). The predicted molar refractivity (Wildman–Crippen MR) is 66.9 cm³/mol. The van der Waals surface area contributed by atoms with E-state index in [0.717, 1.165) is 18.3 Å². The van der Waals surface area contributed by atoms with Gasteiger partial charge in [0, 0.05) is 18.0 Å². The normalized spacial score (nSPS) is 10.1. The molecule has 0 atom stereocenters. The average Bonchev–Trinajstić information content (AvgIpc) is 2.40. The number of nitro groups is 1. The number of rotatable bonds is 3. The van der Waals surface area contributed by atoms with Crippen molar-refractivity contribution in [3.05, 3.63) is 58.2 Å². The molecule has 7 nitrogen and oxygen atoms in total. The molecule has 8 heteroatoms. The first-order valence-corrected chi connectivity index (χ1v) is 5.36. The van der Waals surface area contributed by atoms with Gasteiger partial charge in [-0.25, -0.2) is 0 Å². The van der Waals surface area contributed by atoms with Gasteiger partial charge < -0.3 is 10.4 Å². The highest BCUT2D eigenvalue weighted by molar-refractivity contribution is 6.04. The van der Waals surface area contributed by atoms with Gasteiger partial charge in [0.05, 0.1) is 16.7 Å². The molecule has 2 rings (SSSR count). The molecule has 0 spiro atoms. The van der Waals surface area contributed by atoms with E-state index in [0.29, 0.717) is 0 Å². The van der Waals surface area contributed by atoms with Crippen molar-refractivity contribution in [2.24, 2.45) is 0 Å². The number of amides is 1. The van der Waals surface area contributed by atoms with E-state index in [1.165, 1.54) is 18.3 Å². The van der Waals surface area contributed by atoms with Crippen molar-refractivity contribution >= 4 is 17.3 Å². The summed E-state index contributed by atoms with van der Waals surface area (Å²) in [5, 5.41) is 22.1. The Morgan fingerprint density at radius 1 is 1.35 bits per heavy atom. The minimum Gasteiger partial charge on any atom is -0.506 e. The number of carbonyl (C=O) groups is 1. The summed E-state index contributed by atoms with van der Waals surface area (Å²) in [6.45, 7) is 0. The van der Waals surface area contributed by atoms with Gasteiger partial charge in [0.1, 0.15) is 5.75 Å². The Morgan fingerprint density at radius 3 is 2.75 bits per heavy atom. The molecule has 1 amide bonds. The molecule has 0 aliphatic rings. The molecule has 0 fully saturated rings. The van der Waals surface area contributed by atoms with Crippen LogP contribution in [-0.2, 0) is 0 Å². The number of anilines is 1. The fraction of sp³-hybridized carbons (Fsp3) is 0. The molecule has 0 aliphatic heterocycles. The van der Waals surface area contributed by atoms with Crippen LogP contribution in [0.15, 0.2) is 36.7 Å². The van der Waals surface area contributed by atoms with Gasteiger partial charge in [0.25, 0.3) is 5.91 Å². The number of hydrogen-bond acceptors (Lipinski definition) is 5. The van der Waals surface area contributed by atoms with Gasteiger partial charge in [-0.3, -0.25) is 19.9 Å². The third-order valence-electron chi connectivity index (χ3n) is 2.39. The van der Waals surface area contributed by atoms with Crippen molar-refractivity contribution in [3.8, 4) is 5.75 Å². The number of pyridine rings is 1. The second kappa shape index (κ2) is 5.31. The van der Waals surface area contributed by atoms with E-state index in [-0.39, 0.29) is 17.0 Å². The Hall–Kier alpha value is -3.03. The number of nitrogens with zero attached hydrogens (tertiary/aromatic N) is 2. The van der Waals surface area contributed by atoms with Crippen molar-refractivity contribution in [2.45, 2.75) is 0 Å². The molecule has 2 N–H and O–H groups in total.